The summed E-state index contributed by atoms with van der Waals surface area (Å²) >= 11 is 0. The molecule has 2 rings (SSSR count). The van der Waals surface area contributed by atoms with Gasteiger partial charge in [-0.05, 0) is 37.1 Å². The number of ether oxygens (including phenoxy) is 2. The van der Waals surface area contributed by atoms with Gasteiger partial charge >= 0.3 is 5.97 Å². The third-order valence-corrected chi connectivity index (χ3v) is 3.57. The number of amides is 1. The van der Waals surface area contributed by atoms with Crippen LogP contribution < -0.4 is 4.74 Å². The molecule has 1 heterocycles. The lowest BCUT2D eigenvalue weighted by molar-refractivity contribution is -0.137. The summed E-state index contributed by atoms with van der Waals surface area (Å²) < 4.78 is 11.1. The Hall–Kier alpha value is -2.08. The molecule has 0 saturated carbocycles. The van der Waals surface area contributed by atoms with Gasteiger partial charge in [0, 0.05) is 25.8 Å². The molecular weight excluding hydrogens is 286 g/mol. The van der Waals surface area contributed by atoms with E-state index in [-0.39, 0.29) is 25.0 Å². The fraction of sp³-hybridized carbons (Fsp3) is 0.500. The van der Waals surface area contributed by atoms with Crippen LogP contribution in [0.2, 0.25) is 0 Å². The first-order valence-electron chi connectivity index (χ1n) is 7.38. The largest absolute Gasteiger partial charge is 0.491 e. The fourth-order valence-electron chi connectivity index (χ4n) is 2.24. The molecule has 6 heteroatoms. The number of benzene rings is 1. The molecule has 0 aliphatic carbocycles. The van der Waals surface area contributed by atoms with Crippen molar-refractivity contribution in [2.24, 2.45) is 0 Å². The van der Waals surface area contributed by atoms with Crippen molar-refractivity contribution >= 4 is 11.9 Å². The van der Waals surface area contributed by atoms with Crippen LogP contribution in [0.5, 0.6) is 5.75 Å². The lowest BCUT2D eigenvalue weighted by Crippen LogP contribution is -2.29. The van der Waals surface area contributed by atoms with Gasteiger partial charge in [0.1, 0.15) is 12.4 Å². The maximum absolute atomic E-state index is 12.1. The molecule has 1 atom stereocenters. The Morgan fingerprint density at radius 2 is 2.09 bits per heavy atom. The van der Waals surface area contributed by atoms with Gasteiger partial charge in [-0.25, -0.2) is 0 Å². The minimum Gasteiger partial charge on any atom is -0.491 e. The fourth-order valence-corrected chi connectivity index (χ4v) is 2.24. The van der Waals surface area contributed by atoms with Gasteiger partial charge < -0.3 is 19.5 Å². The van der Waals surface area contributed by atoms with Gasteiger partial charge in [0.25, 0.3) is 5.91 Å². The van der Waals surface area contributed by atoms with E-state index in [1.807, 2.05) is 0 Å². The van der Waals surface area contributed by atoms with E-state index in [0.717, 1.165) is 19.4 Å². The van der Waals surface area contributed by atoms with Crippen molar-refractivity contribution in [3.05, 3.63) is 29.8 Å². The van der Waals surface area contributed by atoms with Gasteiger partial charge in [0.2, 0.25) is 0 Å². The van der Waals surface area contributed by atoms with Crippen molar-refractivity contribution in [1.82, 2.24) is 4.90 Å². The number of hydrogen-bond acceptors (Lipinski definition) is 4. The molecule has 120 valence electrons. The normalized spacial score (nSPS) is 17.2. The van der Waals surface area contributed by atoms with Crippen LogP contribution >= 0.6 is 0 Å². The highest BCUT2D eigenvalue weighted by Crippen LogP contribution is 2.17. The summed E-state index contributed by atoms with van der Waals surface area (Å²) in [5, 5.41) is 8.64. The average molecular weight is 307 g/mol. The standard InChI is InChI=1S/C16H21NO5/c1-17(9-8-15(18)19)16(20)12-4-6-13(7-5-12)22-11-14-3-2-10-21-14/h4-7,14H,2-3,8-11H2,1H3,(H,18,19). The summed E-state index contributed by atoms with van der Waals surface area (Å²) in [5.74, 6) is -0.426. The molecule has 1 N–H and O–H groups in total. The first kappa shape index (κ1) is 16.3. The van der Waals surface area contributed by atoms with Gasteiger partial charge in [-0.1, -0.05) is 0 Å². The van der Waals surface area contributed by atoms with E-state index in [0.29, 0.717) is 17.9 Å². The molecular formula is C16H21NO5. The van der Waals surface area contributed by atoms with Crippen LogP contribution in [0.3, 0.4) is 0 Å². The van der Waals surface area contributed by atoms with E-state index in [1.54, 1.807) is 31.3 Å². The van der Waals surface area contributed by atoms with E-state index in [4.69, 9.17) is 14.6 Å². The lowest BCUT2D eigenvalue weighted by atomic mass is 10.2. The predicted molar refractivity (Wildman–Crippen MR) is 80.1 cm³/mol. The summed E-state index contributed by atoms with van der Waals surface area (Å²) in [4.78, 5) is 24.0. The summed E-state index contributed by atoms with van der Waals surface area (Å²) in [7, 11) is 1.59. The first-order chi connectivity index (χ1) is 10.6. The van der Waals surface area contributed by atoms with E-state index >= 15 is 0 Å². The van der Waals surface area contributed by atoms with Gasteiger partial charge in [0.15, 0.2) is 0 Å². The number of hydrogen-bond donors (Lipinski definition) is 1. The summed E-state index contributed by atoms with van der Waals surface area (Å²) in [5.41, 5.74) is 0.511. The Morgan fingerprint density at radius 1 is 1.36 bits per heavy atom. The molecule has 1 unspecified atom stereocenters. The number of carbonyl (C=O) groups is 2. The molecule has 1 aliphatic heterocycles. The van der Waals surface area contributed by atoms with Crippen molar-refractivity contribution < 1.29 is 24.2 Å². The van der Waals surface area contributed by atoms with Gasteiger partial charge in [-0.2, -0.15) is 0 Å². The zero-order chi connectivity index (χ0) is 15.9. The van der Waals surface area contributed by atoms with E-state index in [9.17, 15) is 9.59 Å². The molecule has 1 aromatic rings. The van der Waals surface area contributed by atoms with Gasteiger partial charge in [-0.3, -0.25) is 9.59 Å². The van der Waals surface area contributed by atoms with Crippen molar-refractivity contribution in [3.8, 4) is 5.75 Å². The second-order valence-electron chi connectivity index (χ2n) is 5.34. The maximum atomic E-state index is 12.1. The second kappa shape index (κ2) is 7.79. The predicted octanol–water partition coefficient (Wildman–Crippen LogP) is 1.79. The van der Waals surface area contributed by atoms with E-state index in [1.165, 1.54) is 4.90 Å². The molecule has 6 nitrogen and oxygen atoms in total. The van der Waals surface area contributed by atoms with E-state index in [2.05, 4.69) is 0 Å². The van der Waals surface area contributed by atoms with Crippen LogP contribution in [0.25, 0.3) is 0 Å². The molecule has 22 heavy (non-hydrogen) atoms. The van der Waals surface area contributed by atoms with Crippen LogP contribution in [0.1, 0.15) is 29.6 Å². The summed E-state index contributed by atoms with van der Waals surface area (Å²) in [6.07, 6.45) is 2.18. The highest BCUT2D eigenvalue weighted by atomic mass is 16.5. The van der Waals surface area contributed by atoms with Crippen molar-refractivity contribution in [2.45, 2.75) is 25.4 Å². The smallest absolute Gasteiger partial charge is 0.305 e. The summed E-state index contributed by atoms with van der Waals surface area (Å²) in [6, 6.07) is 6.86. The number of rotatable bonds is 7. The highest BCUT2D eigenvalue weighted by Gasteiger charge is 2.16. The molecule has 0 bridgehead atoms. The van der Waals surface area contributed by atoms with Gasteiger partial charge in [0.05, 0.1) is 12.5 Å². The number of nitrogens with zero attached hydrogens (tertiary/aromatic N) is 1. The minimum absolute atomic E-state index is 0.0647. The van der Waals surface area contributed by atoms with Crippen molar-refractivity contribution in [2.75, 3.05) is 26.8 Å². The quantitative estimate of drug-likeness (QED) is 0.831. The van der Waals surface area contributed by atoms with Crippen LogP contribution in [-0.2, 0) is 9.53 Å². The second-order valence-corrected chi connectivity index (χ2v) is 5.34. The SMILES string of the molecule is CN(CCC(=O)O)C(=O)c1ccc(OCC2CCCO2)cc1. The molecule has 0 spiro atoms. The Balaban J connectivity index is 1.84. The Kier molecular flexibility index (Phi) is 5.77. The average Bonchev–Trinajstić information content (AvgIpc) is 3.03. The van der Waals surface area contributed by atoms with E-state index < -0.39 is 5.97 Å². The third kappa shape index (κ3) is 4.73. The van der Waals surface area contributed by atoms with Gasteiger partial charge in [-0.15, -0.1) is 0 Å². The molecule has 1 aliphatic rings. The zero-order valence-corrected chi connectivity index (χ0v) is 12.7. The minimum atomic E-state index is -0.919. The number of carboxylic acids is 1. The number of aliphatic carboxylic acids is 1. The number of carboxylic acid groups (broad SMARTS) is 1. The van der Waals surface area contributed by atoms with Crippen LogP contribution in [0.4, 0.5) is 0 Å². The third-order valence-electron chi connectivity index (χ3n) is 3.57. The first-order valence-corrected chi connectivity index (χ1v) is 7.38. The molecule has 1 fully saturated rings. The molecule has 1 saturated heterocycles. The zero-order valence-electron chi connectivity index (χ0n) is 12.7. The lowest BCUT2D eigenvalue weighted by Gasteiger charge is -2.16. The molecule has 1 amide bonds. The number of carbonyl (C=O) groups excluding carboxylic acids is 1. The molecule has 1 aromatic carbocycles. The topological polar surface area (TPSA) is 76.1 Å². The monoisotopic (exact) mass is 307 g/mol. The van der Waals surface area contributed by atoms with Crippen molar-refractivity contribution in [1.29, 1.82) is 0 Å². The molecule has 0 aromatic heterocycles. The maximum Gasteiger partial charge on any atom is 0.305 e. The molecule has 0 radical (unpaired) electrons. The van der Waals surface area contributed by atoms with Crippen LogP contribution in [0.15, 0.2) is 24.3 Å². The Labute approximate surface area is 129 Å². The highest BCUT2D eigenvalue weighted by molar-refractivity contribution is 5.94. The van der Waals surface area contributed by atoms with Crippen LogP contribution in [0, 0.1) is 0 Å². The Morgan fingerprint density at radius 3 is 2.68 bits per heavy atom. The summed E-state index contributed by atoms with van der Waals surface area (Å²) in [6.45, 7) is 1.50. The Bertz CT molecular complexity index is 508. The van der Waals surface area contributed by atoms with Crippen LogP contribution in [-0.4, -0.2) is 54.8 Å². The van der Waals surface area contributed by atoms with Crippen molar-refractivity contribution in [3.63, 3.8) is 0 Å².